The van der Waals surface area contributed by atoms with Crippen molar-refractivity contribution in [3.05, 3.63) is 67.6 Å². The van der Waals surface area contributed by atoms with Crippen LogP contribution in [0.4, 0.5) is 0 Å². The third-order valence-electron chi connectivity index (χ3n) is 3.65. The first-order valence-corrected chi connectivity index (χ1v) is 8.55. The van der Waals surface area contributed by atoms with Crippen molar-refractivity contribution in [3.8, 4) is 0 Å². The number of Topliss-reactive ketones (excluding diaryl/α,β-unsaturated/α-hetero) is 1. The number of aliphatic carboxylic acids is 2. The Morgan fingerprint density at radius 2 is 1.04 bits per heavy atom. The van der Waals surface area contributed by atoms with E-state index in [0.717, 1.165) is 0 Å². The summed E-state index contributed by atoms with van der Waals surface area (Å²) in [6.45, 7) is 0. The molecular weight excluding hydrogens is 426 g/mol. The number of carbonyl (C=O) groups is 3. The van der Waals surface area contributed by atoms with Crippen molar-refractivity contribution >= 4 is 64.1 Å². The molecule has 2 atom stereocenters. The van der Waals surface area contributed by atoms with Gasteiger partial charge in [-0.2, -0.15) is 0 Å². The van der Waals surface area contributed by atoms with E-state index in [2.05, 4.69) is 0 Å². The first kappa shape index (κ1) is 20.5. The fourth-order valence-corrected chi connectivity index (χ4v) is 3.30. The molecule has 0 heterocycles. The molecule has 0 saturated heterocycles. The summed E-state index contributed by atoms with van der Waals surface area (Å²) < 4.78 is 0. The van der Waals surface area contributed by atoms with Gasteiger partial charge < -0.3 is 10.2 Å². The van der Waals surface area contributed by atoms with Crippen molar-refractivity contribution in [2.45, 2.75) is 11.8 Å². The molecule has 136 valence electrons. The van der Waals surface area contributed by atoms with Gasteiger partial charge in [-0.05, 0) is 23.3 Å². The van der Waals surface area contributed by atoms with Gasteiger partial charge in [0.05, 0.1) is 20.1 Å². The van der Waals surface area contributed by atoms with E-state index in [1.165, 1.54) is 36.4 Å². The van der Waals surface area contributed by atoms with Crippen LogP contribution in [0.25, 0.3) is 0 Å². The average Bonchev–Trinajstić information content (AvgIpc) is 2.55. The van der Waals surface area contributed by atoms with E-state index in [0.29, 0.717) is 0 Å². The lowest BCUT2D eigenvalue weighted by Gasteiger charge is -2.20. The minimum absolute atomic E-state index is 0.0379. The molecule has 2 N–H and O–H groups in total. The highest BCUT2D eigenvalue weighted by atomic mass is 35.5. The van der Waals surface area contributed by atoms with E-state index < -0.39 is 29.6 Å². The van der Waals surface area contributed by atoms with Crippen LogP contribution in [0, 0.1) is 0 Å². The lowest BCUT2D eigenvalue weighted by Crippen LogP contribution is -2.31. The number of ketones is 1. The van der Waals surface area contributed by atoms with E-state index in [4.69, 9.17) is 46.4 Å². The van der Waals surface area contributed by atoms with Gasteiger partial charge in [-0.1, -0.05) is 70.7 Å². The normalized spacial score (nSPS) is 13.1. The summed E-state index contributed by atoms with van der Waals surface area (Å²) >= 11 is 23.8. The predicted octanol–water partition coefficient (Wildman–Crippen LogP) is 4.91. The Bertz CT molecular complexity index is 825. The monoisotopic (exact) mass is 434 g/mol. The average molecular weight is 436 g/mol. The van der Waals surface area contributed by atoms with E-state index in [9.17, 15) is 24.6 Å². The zero-order valence-electron chi connectivity index (χ0n) is 12.7. The van der Waals surface area contributed by atoms with Crippen molar-refractivity contribution < 1.29 is 24.6 Å². The quantitative estimate of drug-likeness (QED) is 0.629. The number of halogens is 4. The second-order valence-corrected chi connectivity index (χ2v) is 6.80. The van der Waals surface area contributed by atoms with Crippen LogP contribution in [-0.2, 0) is 14.4 Å². The van der Waals surface area contributed by atoms with Crippen LogP contribution >= 0.6 is 46.4 Å². The Morgan fingerprint density at radius 3 is 1.35 bits per heavy atom. The standard InChI is InChI=1S/C17H10Cl4O5/c18-9-5-1-3-7(13(9)20)11(16(23)24)15(22)12(17(25)26)8-4-2-6-10(19)14(8)21/h1-6,11-12H,(H,23,24)(H,25,26). The summed E-state index contributed by atoms with van der Waals surface area (Å²) in [4.78, 5) is 36.4. The van der Waals surface area contributed by atoms with E-state index in [1.807, 2.05) is 0 Å². The highest BCUT2D eigenvalue weighted by molar-refractivity contribution is 6.43. The van der Waals surface area contributed by atoms with Crippen LogP contribution in [0.1, 0.15) is 23.0 Å². The molecule has 0 aliphatic rings. The molecule has 0 fully saturated rings. The molecule has 2 aromatic rings. The number of benzene rings is 2. The number of hydrogen-bond acceptors (Lipinski definition) is 3. The van der Waals surface area contributed by atoms with Gasteiger partial charge in [0.15, 0.2) is 5.78 Å². The molecule has 0 amide bonds. The smallest absolute Gasteiger partial charge is 0.318 e. The number of hydrogen-bond donors (Lipinski definition) is 2. The molecule has 0 saturated carbocycles. The number of rotatable bonds is 6. The van der Waals surface area contributed by atoms with Crippen LogP contribution in [0.15, 0.2) is 36.4 Å². The molecule has 0 bridgehead atoms. The summed E-state index contributed by atoms with van der Waals surface area (Å²) in [5.74, 6) is -7.96. The van der Waals surface area contributed by atoms with Crippen molar-refractivity contribution in [1.82, 2.24) is 0 Å². The van der Waals surface area contributed by atoms with Crippen LogP contribution in [0.3, 0.4) is 0 Å². The summed E-state index contributed by atoms with van der Waals surface area (Å²) in [5, 5.41) is 18.9. The summed E-state index contributed by atoms with van der Waals surface area (Å²) in [6.07, 6.45) is 0. The van der Waals surface area contributed by atoms with Gasteiger partial charge in [0.25, 0.3) is 0 Å². The molecule has 0 aliphatic heterocycles. The largest absolute Gasteiger partial charge is 0.480 e. The molecule has 9 heteroatoms. The van der Waals surface area contributed by atoms with Gasteiger partial charge in [-0.15, -0.1) is 0 Å². The molecule has 5 nitrogen and oxygen atoms in total. The summed E-state index contributed by atoms with van der Waals surface area (Å²) in [5.41, 5.74) is -0.220. The predicted molar refractivity (Wildman–Crippen MR) is 98.7 cm³/mol. The van der Waals surface area contributed by atoms with Crippen LogP contribution < -0.4 is 0 Å². The van der Waals surface area contributed by atoms with E-state index in [1.54, 1.807) is 0 Å². The number of carboxylic acids is 2. The second-order valence-electron chi connectivity index (χ2n) is 5.23. The molecule has 2 aromatic carbocycles. The van der Waals surface area contributed by atoms with Crippen molar-refractivity contribution in [2.24, 2.45) is 0 Å². The molecule has 0 radical (unpaired) electrons. The first-order chi connectivity index (χ1) is 12.2. The topological polar surface area (TPSA) is 91.7 Å². The third-order valence-corrected chi connectivity index (χ3v) is 5.31. The van der Waals surface area contributed by atoms with Crippen LogP contribution in [0.5, 0.6) is 0 Å². The number of carboxylic acid groups (broad SMARTS) is 2. The molecule has 0 spiro atoms. The van der Waals surface area contributed by atoms with Crippen molar-refractivity contribution in [2.75, 3.05) is 0 Å². The zero-order chi connectivity index (χ0) is 19.6. The Balaban J connectivity index is 2.62. The van der Waals surface area contributed by atoms with Crippen molar-refractivity contribution in [3.63, 3.8) is 0 Å². The maximum absolute atomic E-state index is 12.9. The van der Waals surface area contributed by atoms with Crippen LogP contribution in [0.2, 0.25) is 20.1 Å². The number of carbonyl (C=O) groups excluding carboxylic acids is 1. The lowest BCUT2D eigenvalue weighted by molar-refractivity contribution is -0.146. The fraction of sp³-hybridized carbons (Fsp3) is 0.118. The van der Waals surface area contributed by atoms with Crippen molar-refractivity contribution in [1.29, 1.82) is 0 Å². The van der Waals surface area contributed by atoms with E-state index in [-0.39, 0.29) is 31.2 Å². The Morgan fingerprint density at radius 1 is 0.692 bits per heavy atom. The SMILES string of the molecule is O=C(O)C(C(=O)C(C(=O)O)c1cccc(Cl)c1Cl)c1cccc(Cl)c1Cl. The van der Waals surface area contributed by atoms with Gasteiger partial charge in [0.2, 0.25) is 0 Å². The summed E-state index contributed by atoms with van der Waals surface area (Å²) in [7, 11) is 0. The Kier molecular flexibility index (Phi) is 6.53. The first-order valence-electron chi connectivity index (χ1n) is 7.04. The van der Waals surface area contributed by atoms with Gasteiger partial charge in [-0.25, -0.2) is 0 Å². The molecule has 0 aliphatic carbocycles. The molecular formula is C17H10Cl4O5. The Labute approximate surface area is 168 Å². The molecule has 0 aromatic heterocycles. The second kappa shape index (κ2) is 8.27. The minimum Gasteiger partial charge on any atom is -0.480 e. The molecule has 2 rings (SSSR count). The third kappa shape index (κ3) is 3.96. The fourth-order valence-electron chi connectivity index (χ4n) is 2.47. The minimum atomic E-state index is -1.85. The maximum atomic E-state index is 12.9. The van der Waals surface area contributed by atoms with E-state index >= 15 is 0 Å². The molecule has 2 unspecified atom stereocenters. The molecule has 26 heavy (non-hydrogen) atoms. The highest BCUT2D eigenvalue weighted by Gasteiger charge is 2.40. The lowest BCUT2D eigenvalue weighted by atomic mass is 9.83. The highest BCUT2D eigenvalue weighted by Crippen LogP contribution is 2.37. The van der Waals surface area contributed by atoms with Gasteiger partial charge in [0, 0.05) is 0 Å². The Hall–Kier alpha value is -1.79. The van der Waals surface area contributed by atoms with Gasteiger partial charge in [0.1, 0.15) is 11.8 Å². The van der Waals surface area contributed by atoms with Crippen LogP contribution in [-0.4, -0.2) is 27.9 Å². The van der Waals surface area contributed by atoms with Gasteiger partial charge >= 0.3 is 11.9 Å². The van der Waals surface area contributed by atoms with Gasteiger partial charge in [-0.3, -0.25) is 14.4 Å². The maximum Gasteiger partial charge on any atom is 0.318 e. The summed E-state index contributed by atoms with van der Waals surface area (Å²) in [6, 6.07) is 8.25. The zero-order valence-corrected chi connectivity index (χ0v) is 15.8.